The van der Waals surface area contributed by atoms with E-state index in [2.05, 4.69) is 0 Å². The Labute approximate surface area is 70.4 Å². The summed E-state index contributed by atoms with van der Waals surface area (Å²) in [5.41, 5.74) is -4.57. The molecule has 0 radical (unpaired) electrons. The van der Waals surface area contributed by atoms with Crippen LogP contribution in [0, 0.1) is 0 Å². The van der Waals surface area contributed by atoms with Crippen molar-refractivity contribution in [3.05, 3.63) is 0 Å². The van der Waals surface area contributed by atoms with Gasteiger partial charge in [0.2, 0.25) is 0 Å². The molecule has 0 aliphatic heterocycles. The molecule has 1 N–H and O–H groups in total. The van der Waals surface area contributed by atoms with Gasteiger partial charge in [-0.2, -0.15) is 26.3 Å². The van der Waals surface area contributed by atoms with E-state index < -0.39 is 30.8 Å². The molecule has 0 unspecified atom stereocenters. The van der Waals surface area contributed by atoms with Gasteiger partial charge < -0.3 is 5.11 Å². The zero-order valence-electron chi connectivity index (χ0n) is 6.63. The maximum Gasteiger partial charge on any atom is 0.426 e. The number of aliphatic hydroxyl groups is 1. The molecule has 80 valence electrons. The standard InChI is InChI=1S/C6H8F6O/c1-2-3-4(13,5(7,8)9)6(10,11)12/h13H,2-3H2,1H3. The lowest BCUT2D eigenvalue weighted by Crippen LogP contribution is -2.56. The van der Waals surface area contributed by atoms with Gasteiger partial charge in [-0.25, -0.2) is 0 Å². The second kappa shape index (κ2) is 3.36. The van der Waals surface area contributed by atoms with Gasteiger partial charge in [0.25, 0.3) is 5.60 Å². The summed E-state index contributed by atoms with van der Waals surface area (Å²) < 4.78 is 70.9. The van der Waals surface area contributed by atoms with Gasteiger partial charge in [0.05, 0.1) is 0 Å². The van der Waals surface area contributed by atoms with Gasteiger partial charge >= 0.3 is 12.4 Å². The van der Waals surface area contributed by atoms with Gasteiger partial charge in [-0.1, -0.05) is 13.3 Å². The van der Waals surface area contributed by atoms with Crippen LogP contribution in [0.5, 0.6) is 0 Å². The van der Waals surface area contributed by atoms with Crippen molar-refractivity contribution in [3.63, 3.8) is 0 Å². The van der Waals surface area contributed by atoms with E-state index in [1.807, 2.05) is 0 Å². The number of hydrogen-bond acceptors (Lipinski definition) is 1. The normalized spacial score (nSPS) is 14.8. The lowest BCUT2D eigenvalue weighted by atomic mass is 9.97. The summed E-state index contributed by atoms with van der Waals surface area (Å²) in [6.07, 6.45) is -13.1. The van der Waals surface area contributed by atoms with Crippen molar-refractivity contribution in [3.8, 4) is 0 Å². The number of halogens is 6. The summed E-state index contributed by atoms with van der Waals surface area (Å²) in [5, 5.41) is 8.43. The highest BCUT2D eigenvalue weighted by Gasteiger charge is 2.69. The molecular formula is C6H8F6O. The fourth-order valence-electron chi connectivity index (χ4n) is 0.806. The van der Waals surface area contributed by atoms with E-state index in [0.29, 0.717) is 0 Å². The first-order chi connectivity index (χ1) is 5.56. The molecule has 0 saturated heterocycles. The SMILES string of the molecule is CCCC(O)(C(F)(F)F)C(F)(F)F. The molecule has 0 aromatic carbocycles. The third kappa shape index (κ3) is 2.26. The summed E-state index contributed by atoms with van der Waals surface area (Å²) in [6, 6.07) is 0. The van der Waals surface area contributed by atoms with Crippen LogP contribution in [0.1, 0.15) is 19.8 Å². The van der Waals surface area contributed by atoms with E-state index in [1.165, 1.54) is 0 Å². The largest absolute Gasteiger partial charge is 0.426 e. The summed E-state index contributed by atoms with van der Waals surface area (Å²) in [5.74, 6) is 0. The van der Waals surface area contributed by atoms with Crippen LogP contribution >= 0.6 is 0 Å². The first-order valence-corrected chi connectivity index (χ1v) is 3.42. The Hall–Kier alpha value is -0.460. The molecule has 0 amide bonds. The second-order valence-corrected chi connectivity index (χ2v) is 2.61. The second-order valence-electron chi connectivity index (χ2n) is 2.61. The van der Waals surface area contributed by atoms with Gasteiger partial charge in [0, 0.05) is 0 Å². The summed E-state index contributed by atoms with van der Waals surface area (Å²) in [4.78, 5) is 0. The lowest BCUT2D eigenvalue weighted by molar-refractivity contribution is -0.369. The van der Waals surface area contributed by atoms with Crippen molar-refractivity contribution in [2.75, 3.05) is 0 Å². The molecule has 0 spiro atoms. The van der Waals surface area contributed by atoms with Crippen LogP contribution in [-0.2, 0) is 0 Å². The van der Waals surface area contributed by atoms with E-state index >= 15 is 0 Å². The molecule has 0 heterocycles. The van der Waals surface area contributed by atoms with Gasteiger partial charge in [-0.15, -0.1) is 0 Å². The highest BCUT2D eigenvalue weighted by atomic mass is 19.4. The highest BCUT2D eigenvalue weighted by molar-refractivity contribution is 4.93. The minimum atomic E-state index is -5.68. The lowest BCUT2D eigenvalue weighted by Gasteiger charge is -2.31. The monoisotopic (exact) mass is 210 g/mol. The summed E-state index contributed by atoms with van der Waals surface area (Å²) in [6.45, 7) is 1.13. The molecule has 0 aromatic rings. The molecule has 0 aliphatic carbocycles. The number of hydrogen-bond donors (Lipinski definition) is 1. The molecule has 0 aliphatic rings. The molecule has 0 bridgehead atoms. The Morgan fingerprint density at radius 3 is 1.31 bits per heavy atom. The average Bonchev–Trinajstić information content (AvgIpc) is 1.82. The fraction of sp³-hybridized carbons (Fsp3) is 1.00. The van der Waals surface area contributed by atoms with Crippen molar-refractivity contribution in [2.24, 2.45) is 0 Å². The smallest absolute Gasteiger partial charge is 0.374 e. The van der Waals surface area contributed by atoms with E-state index in [0.717, 1.165) is 6.92 Å². The minimum absolute atomic E-state index is 0.407. The molecular weight excluding hydrogens is 202 g/mol. The van der Waals surface area contributed by atoms with E-state index in [9.17, 15) is 26.3 Å². The average molecular weight is 210 g/mol. The molecule has 7 heteroatoms. The first-order valence-electron chi connectivity index (χ1n) is 3.42. The maximum atomic E-state index is 11.8. The van der Waals surface area contributed by atoms with Crippen LogP contribution in [0.25, 0.3) is 0 Å². The van der Waals surface area contributed by atoms with Crippen LogP contribution in [0.2, 0.25) is 0 Å². The number of alkyl halides is 6. The topological polar surface area (TPSA) is 20.2 Å². The van der Waals surface area contributed by atoms with Crippen molar-refractivity contribution >= 4 is 0 Å². The van der Waals surface area contributed by atoms with Crippen molar-refractivity contribution in [2.45, 2.75) is 37.7 Å². The van der Waals surface area contributed by atoms with Crippen LogP contribution in [0.15, 0.2) is 0 Å². The molecule has 1 nitrogen and oxygen atoms in total. The van der Waals surface area contributed by atoms with E-state index in [-0.39, 0.29) is 0 Å². The molecule has 0 rings (SSSR count). The van der Waals surface area contributed by atoms with Crippen molar-refractivity contribution in [1.29, 1.82) is 0 Å². The third-order valence-corrected chi connectivity index (χ3v) is 1.55. The zero-order chi connectivity index (χ0) is 10.9. The van der Waals surface area contributed by atoms with Crippen LogP contribution < -0.4 is 0 Å². The zero-order valence-corrected chi connectivity index (χ0v) is 6.63. The summed E-state index contributed by atoms with van der Waals surface area (Å²) >= 11 is 0. The first kappa shape index (κ1) is 12.5. The Morgan fingerprint density at radius 1 is 0.923 bits per heavy atom. The molecule has 13 heavy (non-hydrogen) atoms. The van der Waals surface area contributed by atoms with Crippen molar-refractivity contribution < 1.29 is 31.4 Å². The number of rotatable bonds is 2. The van der Waals surface area contributed by atoms with Gasteiger partial charge in [0.15, 0.2) is 0 Å². The highest BCUT2D eigenvalue weighted by Crippen LogP contribution is 2.45. The Morgan fingerprint density at radius 2 is 1.23 bits per heavy atom. The molecule has 0 fully saturated rings. The Balaban J connectivity index is 4.96. The quantitative estimate of drug-likeness (QED) is 0.694. The minimum Gasteiger partial charge on any atom is -0.374 e. The molecule has 0 saturated carbocycles. The molecule has 0 aromatic heterocycles. The maximum absolute atomic E-state index is 11.8. The van der Waals surface area contributed by atoms with Gasteiger partial charge in [-0.05, 0) is 6.42 Å². The van der Waals surface area contributed by atoms with Crippen LogP contribution in [0.3, 0.4) is 0 Å². The molecule has 0 atom stereocenters. The predicted octanol–water partition coefficient (Wildman–Crippen LogP) is 2.64. The Kier molecular flexibility index (Phi) is 3.24. The fourth-order valence-corrected chi connectivity index (χ4v) is 0.806. The van der Waals surface area contributed by atoms with Crippen LogP contribution in [0.4, 0.5) is 26.3 Å². The van der Waals surface area contributed by atoms with Crippen molar-refractivity contribution in [1.82, 2.24) is 0 Å². The predicted molar refractivity (Wildman–Crippen MR) is 32.0 cm³/mol. The summed E-state index contributed by atoms with van der Waals surface area (Å²) in [7, 11) is 0. The van der Waals surface area contributed by atoms with Crippen LogP contribution in [-0.4, -0.2) is 23.1 Å². The van der Waals surface area contributed by atoms with E-state index in [1.54, 1.807) is 0 Å². The Bertz CT molecular complexity index is 155. The van der Waals surface area contributed by atoms with Gasteiger partial charge in [-0.3, -0.25) is 0 Å². The van der Waals surface area contributed by atoms with E-state index in [4.69, 9.17) is 5.11 Å². The van der Waals surface area contributed by atoms with Gasteiger partial charge in [0.1, 0.15) is 0 Å². The third-order valence-electron chi connectivity index (χ3n) is 1.55.